The van der Waals surface area contributed by atoms with Crippen LogP contribution in [0.4, 0.5) is 5.69 Å². The van der Waals surface area contributed by atoms with Crippen molar-refractivity contribution in [3.63, 3.8) is 0 Å². The molecule has 1 atom stereocenters. The average Bonchev–Trinajstić information content (AvgIpc) is 2.55. The highest BCUT2D eigenvalue weighted by atomic mass is 16.5. The van der Waals surface area contributed by atoms with Crippen molar-refractivity contribution in [2.45, 2.75) is 25.9 Å². The van der Waals surface area contributed by atoms with Gasteiger partial charge in [0.2, 0.25) is 0 Å². The van der Waals surface area contributed by atoms with Gasteiger partial charge >= 0.3 is 0 Å². The van der Waals surface area contributed by atoms with E-state index in [-0.39, 0.29) is 11.9 Å². The van der Waals surface area contributed by atoms with Crippen molar-refractivity contribution in [3.8, 4) is 17.2 Å². The number of phenols is 1. The molecular formula is C19H23NO3. The number of benzene rings is 2. The molecule has 0 saturated carbocycles. The Bertz CT molecular complexity index is 654. The molecule has 0 saturated heterocycles. The second-order valence-corrected chi connectivity index (χ2v) is 5.89. The molecule has 3 rings (SSSR count). The van der Waals surface area contributed by atoms with Gasteiger partial charge in [0, 0.05) is 19.0 Å². The van der Waals surface area contributed by atoms with Crippen molar-refractivity contribution < 1.29 is 14.6 Å². The Morgan fingerprint density at radius 2 is 2.00 bits per heavy atom. The molecule has 1 N–H and O–H groups in total. The molecule has 0 amide bonds. The SMILES string of the molecule is CCCN1CC(Cc2ccc(OC)cc2)Oc2cc(O)ccc21. The summed E-state index contributed by atoms with van der Waals surface area (Å²) in [4.78, 5) is 2.34. The molecule has 2 aromatic rings. The fraction of sp³-hybridized carbons (Fsp3) is 0.368. The number of hydrogen-bond acceptors (Lipinski definition) is 4. The molecule has 0 aliphatic carbocycles. The molecule has 0 radical (unpaired) electrons. The number of ether oxygens (including phenoxy) is 2. The third-order valence-electron chi connectivity index (χ3n) is 4.12. The first-order valence-electron chi connectivity index (χ1n) is 8.07. The van der Waals surface area contributed by atoms with E-state index in [1.165, 1.54) is 5.56 Å². The van der Waals surface area contributed by atoms with E-state index in [0.29, 0.717) is 0 Å². The summed E-state index contributed by atoms with van der Waals surface area (Å²) in [6, 6.07) is 13.5. The molecule has 0 bridgehead atoms. The van der Waals surface area contributed by atoms with Crippen molar-refractivity contribution in [2.24, 2.45) is 0 Å². The monoisotopic (exact) mass is 313 g/mol. The van der Waals surface area contributed by atoms with Crippen molar-refractivity contribution >= 4 is 5.69 Å². The highest BCUT2D eigenvalue weighted by Gasteiger charge is 2.25. The zero-order chi connectivity index (χ0) is 16.2. The maximum atomic E-state index is 9.73. The summed E-state index contributed by atoms with van der Waals surface area (Å²) in [7, 11) is 1.67. The van der Waals surface area contributed by atoms with E-state index in [9.17, 15) is 5.11 Å². The van der Waals surface area contributed by atoms with E-state index in [1.54, 1.807) is 19.2 Å². The van der Waals surface area contributed by atoms with Gasteiger partial charge in [0.1, 0.15) is 23.4 Å². The predicted octanol–water partition coefficient (Wildman–Crippen LogP) is 3.62. The molecule has 0 aromatic heterocycles. The van der Waals surface area contributed by atoms with Gasteiger partial charge in [0.05, 0.1) is 19.3 Å². The van der Waals surface area contributed by atoms with Crippen LogP contribution in [0.5, 0.6) is 17.2 Å². The first-order valence-corrected chi connectivity index (χ1v) is 8.07. The highest BCUT2D eigenvalue weighted by molar-refractivity contribution is 5.62. The number of phenolic OH excluding ortho intramolecular Hbond substituents is 1. The summed E-state index contributed by atoms with van der Waals surface area (Å²) < 4.78 is 11.3. The summed E-state index contributed by atoms with van der Waals surface area (Å²) in [5.74, 6) is 1.87. The topological polar surface area (TPSA) is 41.9 Å². The van der Waals surface area contributed by atoms with Crippen LogP contribution in [0, 0.1) is 0 Å². The molecule has 0 fully saturated rings. The third kappa shape index (κ3) is 3.52. The van der Waals surface area contributed by atoms with Crippen LogP contribution in [-0.4, -0.2) is 31.4 Å². The highest BCUT2D eigenvalue weighted by Crippen LogP contribution is 2.36. The lowest BCUT2D eigenvalue weighted by molar-refractivity contribution is 0.193. The van der Waals surface area contributed by atoms with Gasteiger partial charge in [-0.3, -0.25) is 0 Å². The fourth-order valence-corrected chi connectivity index (χ4v) is 3.03. The first-order chi connectivity index (χ1) is 11.2. The van der Waals surface area contributed by atoms with E-state index in [0.717, 1.165) is 43.1 Å². The van der Waals surface area contributed by atoms with Gasteiger partial charge in [-0.25, -0.2) is 0 Å². The summed E-state index contributed by atoms with van der Waals surface area (Å²) in [6.45, 7) is 4.02. The van der Waals surface area contributed by atoms with Crippen LogP contribution in [-0.2, 0) is 6.42 Å². The molecule has 4 nitrogen and oxygen atoms in total. The van der Waals surface area contributed by atoms with Crippen LogP contribution in [0.3, 0.4) is 0 Å². The molecule has 1 unspecified atom stereocenters. The third-order valence-corrected chi connectivity index (χ3v) is 4.12. The molecule has 4 heteroatoms. The summed E-state index contributed by atoms with van der Waals surface area (Å²) >= 11 is 0. The van der Waals surface area contributed by atoms with E-state index in [2.05, 4.69) is 24.0 Å². The van der Waals surface area contributed by atoms with Gasteiger partial charge in [-0.05, 0) is 36.2 Å². The minimum Gasteiger partial charge on any atom is -0.508 e. The summed E-state index contributed by atoms with van der Waals surface area (Å²) in [6.07, 6.45) is 1.98. The van der Waals surface area contributed by atoms with Crippen LogP contribution >= 0.6 is 0 Å². The van der Waals surface area contributed by atoms with Gasteiger partial charge in [-0.15, -0.1) is 0 Å². The molecule has 1 aliphatic heterocycles. The lowest BCUT2D eigenvalue weighted by atomic mass is 10.0. The predicted molar refractivity (Wildman–Crippen MR) is 91.7 cm³/mol. The van der Waals surface area contributed by atoms with Crippen molar-refractivity contribution in [1.29, 1.82) is 0 Å². The molecule has 2 aromatic carbocycles. The normalized spacial score (nSPS) is 16.6. The van der Waals surface area contributed by atoms with Crippen LogP contribution in [0.1, 0.15) is 18.9 Å². The van der Waals surface area contributed by atoms with E-state index in [4.69, 9.17) is 9.47 Å². The number of hydrogen-bond donors (Lipinski definition) is 1. The standard InChI is InChI=1S/C19H23NO3/c1-3-10-20-13-17(11-14-4-7-16(22-2)8-5-14)23-19-12-15(21)6-9-18(19)20/h4-9,12,17,21H,3,10-11,13H2,1-2H3. The van der Waals surface area contributed by atoms with E-state index in [1.807, 2.05) is 18.2 Å². The molecule has 23 heavy (non-hydrogen) atoms. The molecule has 0 spiro atoms. The molecule has 122 valence electrons. The fourth-order valence-electron chi connectivity index (χ4n) is 3.03. The minimum atomic E-state index is 0.0734. The van der Waals surface area contributed by atoms with Crippen molar-refractivity contribution in [3.05, 3.63) is 48.0 Å². The number of rotatable bonds is 5. The lowest BCUT2D eigenvalue weighted by Gasteiger charge is -2.36. The summed E-state index contributed by atoms with van der Waals surface area (Å²) in [5, 5.41) is 9.73. The first kappa shape index (κ1) is 15.5. The van der Waals surface area contributed by atoms with Crippen molar-refractivity contribution in [2.75, 3.05) is 25.1 Å². The Hall–Kier alpha value is -2.36. The zero-order valence-electron chi connectivity index (χ0n) is 13.7. The smallest absolute Gasteiger partial charge is 0.146 e. The number of methoxy groups -OCH3 is 1. The van der Waals surface area contributed by atoms with Crippen LogP contribution in [0.25, 0.3) is 0 Å². The number of anilines is 1. The van der Waals surface area contributed by atoms with Crippen LogP contribution in [0.15, 0.2) is 42.5 Å². The van der Waals surface area contributed by atoms with E-state index >= 15 is 0 Å². The quantitative estimate of drug-likeness (QED) is 0.915. The second kappa shape index (κ2) is 6.82. The second-order valence-electron chi connectivity index (χ2n) is 5.89. The zero-order valence-corrected chi connectivity index (χ0v) is 13.7. The van der Waals surface area contributed by atoms with Gasteiger partial charge < -0.3 is 19.5 Å². The van der Waals surface area contributed by atoms with Gasteiger partial charge in [-0.1, -0.05) is 19.1 Å². The molecule has 1 aliphatic rings. The Kier molecular flexibility index (Phi) is 4.60. The molecule has 1 heterocycles. The van der Waals surface area contributed by atoms with Crippen LogP contribution in [0.2, 0.25) is 0 Å². The largest absolute Gasteiger partial charge is 0.508 e. The Morgan fingerprint density at radius 1 is 1.22 bits per heavy atom. The van der Waals surface area contributed by atoms with Gasteiger partial charge in [0.15, 0.2) is 0 Å². The maximum absolute atomic E-state index is 9.73. The molecular weight excluding hydrogens is 290 g/mol. The lowest BCUT2D eigenvalue weighted by Crippen LogP contribution is -2.41. The van der Waals surface area contributed by atoms with Gasteiger partial charge in [-0.2, -0.15) is 0 Å². The minimum absolute atomic E-state index is 0.0734. The van der Waals surface area contributed by atoms with Crippen LogP contribution < -0.4 is 14.4 Å². The summed E-state index contributed by atoms with van der Waals surface area (Å²) in [5.41, 5.74) is 2.28. The number of aromatic hydroxyl groups is 1. The Labute approximate surface area is 137 Å². The number of nitrogens with zero attached hydrogens (tertiary/aromatic N) is 1. The van der Waals surface area contributed by atoms with Crippen molar-refractivity contribution in [1.82, 2.24) is 0 Å². The average molecular weight is 313 g/mol. The number of fused-ring (bicyclic) bond motifs is 1. The van der Waals surface area contributed by atoms with Gasteiger partial charge in [0.25, 0.3) is 0 Å². The Balaban J connectivity index is 1.78. The maximum Gasteiger partial charge on any atom is 0.146 e. The Morgan fingerprint density at radius 3 is 2.70 bits per heavy atom. The van der Waals surface area contributed by atoms with E-state index < -0.39 is 0 Å².